The van der Waals surface area contributed by atoms with Gasteiger partial charge in [-0.2, -0.15) is 0 Å². The van der Waals surface area contributed by atoms with E-state index in [1.54, 1.807) is 24.1 Å². The van der Waals surface area contributed by atoms with Crippen LogP contribution in [-0.4, -0.2) is 50.0 Å². The molecule has 29 heavy (non-hydrogen) atoms. The zero-order valence-corrected chi connectivity index (χ0v) is 16.4. The van der Waals surface area contributed by atoms with Gasteiger partial charge in [0.15, 0.2) is 0 Å². The molecule has 2 amide bonds. The molecule has 0 bridgehead atoms. The molecule has 2 aliphatic rings. The van der Waals surface area contributed by atoms with Crippen molar-refractivity contribution in [1.82, 2.24) is 4.90 Å². The second-order valence-electron chi connectivity index (χ2n) is 7.49. The van der Waals surface area contributed by atoms with E-state index < -0.39 is 17.1 Å². The van der Waals surface area contributed by atoms with Gasteiger partial charge in [0.25, 0.3) is 0 Å². The number of methoxy groups -OCH3 is 1. The van der Waals surface area contributed by atoms with Gasteiger partial charge in [-0.25, -0.2) is 4.39 Å². The first-order chi connectivity index (χ1) is 14.0. The average Bonchev–Trinajstić information content (AvgIpc) is 3.57. The molecule has 0 atom stereocenters. The Morgan fingerprint density at radius 1 is 1.00 bits per heavy atom. The Labute approximate surface area is 169 Å². The van der Waals surface area contributed by atoms with Crippen LogP contribution in [0.25, 0.3) is 0 Å². The monoisotopic (exact) mass is 397 g/mol. The lowest BCUT2D eigenvalue weighted by atomic mass is 10.0. The molecule has 152 valence electrons. The lowest BCUT2D eigenvalue weighted by molar-refractivity contribution is -0.142. The highest BCUT2D eigenvalue weighted by Crippen LogP contribution is 2.48. The summed E-state index contributed by atoms with van der Waals surface area (Å²) in [5.74, 6) is -0.262. The molecule has 1 saturated heterocycles. The summed E-state index contributed by atoms with van der Waals surface area (Å²) in [4.78, 5) is 29.8. The summed E-state index contributed by atoms with van der Waals surface area (Å²) >= 11 is 0. The van der Waals surface area contributed by atoms with Crippen LogP contribution in [0.3, 0.4) is 0 Å². The predicted molar refractivity (Wildman–Crippen MR) is 108 cm³/mol. The summed E-state index contributed by atoms with van der Waals surface area (Å²) in [5, 5.41) is 2.59. The van der Waals surface area contributed by atoms with Gasteiger partial charge in [-0.05, 0) is 49.2 Å². The Morgan fingerprint density at radius 3 is 2.24 bits per heavy atom. The molecule has 6 nitrogen and oxygen atoms in total. The first kappa shape index (κ1) is 19.2. The number of benzene rings is 2. The third kappa shape index (κ3) is 3.77. The maximum Gasteiger partial charge on any atom is 0.240 e. The number of amides is 2. The molecule has 0 spiro atoms. The van der Waals surface area contributed by atoms with Crippen LogP contribution in [0.2, 0.25) is 0 Å². The second-order valence-corrected chi connectivity index (χ2v) is 7.49. The van der Waals surface area contributed by atoms with Crippen molar-refractivity contribution >= 4 is 23.2 Å². The van der Waals surface area contributed by atoms with Crippen molar-refractivity contribution < 1.29 is 18.7 Å². The van der Waals surface area contributed by atoms with E-state index in [2.05, 4.69) is 10.2 Å². The summed E-state index contributed by atoms with van der Waals surface area (Å²) in [6.07, 6.45) is 1.01. The number of halogens is 1. The fourth-order valence-corrected chi connectivity index (χ4v) is 3.73. The van der Waals surface area contributed by atoms with Gasteiger partial charge in [-0.15, -0.1) is 0 Å². The quantitative estimate of drug-likeness (QED) is 0.788. The number of rotatable bonds is 5. The summed E-state index contributed by atoms with van der Waals surface area (Å²) < 4.78 is 19.0. The van der Waals surface area contributed by atoms with Gasteiger partial charge in [0.2, 0.25) is 11.8 Å². The lowest BCUT2D eigenvalue weighted by Gasteiger charge is -2.37. The highest BCUT2D eigenvalue weighted by molar-refractivity contribution is 6.13. The van der Waals surface area contributed by atoms with Crippen LogP contribution < -0.4 is 15.0 Å². The van der Waals surface area contributed by atoms with Crippen LogP contribution in [0.15, 0.2) is 48.5 Å². The SMILES string of the molecule is COc1ccc(N2CCN(C(=O)C3(C(=O)Nc4ccccc4F)CC3)CC2)cc1. The number of carbonyl (C=O) groups excluding carboxylic acids is 2. The largest absolute Gasteiger partial charge is 0.497 e. The number of para-hydroxylation sites is 1. The molecule has 1 N–H and O–H groups in total. The van der Waals surface area contributed by atoms with Crippen molar-refractivity contribution in [2.45, 2.75) is 12.8 Å². The molecule has 2 aromatic rings. The number of nitrogens with zero attached hydrogens (tertiary/aromatic N) is 2. The third-order valence-corrected chi connectivity index (χ3v) is 5.72. The van der Waals surface area contributed by atoms with Gasteiger partial charge in [-0.3, -0.25) is 9.59 Å². The minimum Gasteiger partial charge on any atom is -0.497 e. The van der Waals surface area contributed by atoms with E-state index in [-0.39, 0.29) is 11.6 Å². The Hall–Kier alpha value is -3.09. The minimum absolute atomic E-state index is 0.112. The number of hydrogen-bond donors (Lipinski definition) is 1. The molecule has 2 fully saturated rings. The van der Waals surface area contributed by atoms with Crippen LogP contribution >= 0.6 is 0 Å². The van der Waals surface area contributed by atoms with Gasteiger partial charge in [0.1, 0.15) is 17.0 Å². The molecular formula is C22H24FN3O3. The highest BCUT2D eigenvalue weighted by atomic mass is 19.1. The number of carbonyl (C=O) groups is 2. The van der Waals surface area contributed by atoms with Gasteiger partial charge < -0.3 is 19.9 Å². The standard InChI is InChI=1S/C22H24FN3O3/c1-29-17-8-6-16(7-9-17)25-12-14-26(15-13-25)21(28)22(10-11-22)20(27)24-19-5-3-2-4-18(19)23/h2-9H,10-15H2,1H3,(H,24,27). The van der Waals surface area contributed by atoms with E-state index >= 15 is 0 Å². The number of nitrogens with one attached hydrogen (secondary N) is 1. The van der Waals surface area contributed by atoms with E-state index in [1.807, 2.05) is 24.3 Å². The summed E-state index contributed by atoms with van der Waals surface area (Å²) in [7, 11) is 1.63. The number of hydrogen-bond acceptors (Lipinski definition) is 4. The van der Waals surface area contributed by atoms with Crippen LogP contribution in [-0.2, 0) is 9.59 Å². The van der Waals surface area contributed by atoms with Crippen LogP contribution in [0.5, 0.6) is 5.75 Å². The van der Waals surface area contributed by atoms with Gasteiger partial charge in [0.05, 0.1) is 12.8 Å². The average molecular weight is 397 g/mol. The zero-order valence-electron chi connectivity index (χ0n) is 16.4. The fraction of sp³-hybridized carbons (Fsp3) is 0.364. The normalized spacial score (nSPS) is 17.6. The van der Waals surface area contributed by atoms with Crippen LogP contribution in [0, 0.1) is 11.2 Å². The predicted octanol–water partition coefficient (Wildman–Crippen LogP) is 2.90. The van der Waals surface area contributed by atoms with Crippen molar-refractivity contribution in [1.29, 1.82) is 0 Å². The van der Waals surface area contributed by atoms with Gasteiger partial charge in [0, 0.05) is 31.9 Å². The van der Waals surface area contributed by atoms with E-state index in [4.69, 9.17) is 4.74 Å². The lowest BCUT2D eigenvalue weighted by Crippen LogP contribution is -2.52. The van der Waals surface area contributed by atoms with Gasteiger partial charge >= 0.3 is 0 Å². The zero-order chi connectivity index (χ0) is 20.4. The second kappa shape index (κ2) is 7.73. The smallest absolute Gasteiger partial charge is 0.240 e. The van der Waals surface area contributed by atoms with E-state index in [0.29, 0.717) is 39.0 Å². The molecule has 4 rings (SSSR count). The molecule has 7 heteroatoms. The molecule has 1 heterocycles. The van der Waals surface area contributed by atoms with Crippen molar-refractivity contribution in [3.05, 3.63) is 54.3 Å². The van der Waals surface area contributed by atoms with Crippen LogP contribution in [0.4, 0.5) is 15.8 Å². The van der Waals surface area contributed by atoms with Gasteiger partial charge in [-0.1, -0.05) is 12.1 Å². The van der Waals surface area contributed by atoms with E-state index in [0.717, 1.165) is 11.4 Å². The molecular weight excluding hydrogens is 373 g/mol. The van der Waals surface area contributed by atoms with Crippen LogP contribution in [0.1, 0.15) is 12.8 Å². The Bertz CT molecular complexity index is 904. The fourth-order valence-electron chi connectivity index (χ4n) is 3.73. The summed E-state index contributed by atoms with van der Waals surface area (Å²) in [6.45, 7) is 2.51. The van der Waals surface area contributed by atoms with Crippen molar-refractivity contribution in [2.75, 3.05) is 43.5 Å². The maximum absolute atomic E-state index is 13.8. The number of anilines is 2. The topological polar surface area (TPSA) is 61.9 Å². The maximum atomic E-state index is 13.8. The molecule has 1 aliphatic carbocycles. The molecule has 0 unspecified atom stereocenters. The highest BCUT2D eigenvalue weighted by Gasteiger charge is 2.58. The minimum atomic E-state index is -1.05. The molecule has 1 saturated carbocycles. The number of ether oxygens (including phenoxy) is 1. The van der Waals surface area contributed by atoms with Crippen molar-refractivity contribution in [2.24, 2.45) is 5.41 Å². The number of piperazine rings is 1. The third-order valence-electron chi connectivity index (χ3n) is 5.72. The molecule has 0 radical (unpaired) electrons. The van der Waals surface area contributed by atoms with Crippen molar-refractivity contribution in [3.63, 3.8) is 0 Å². The summed E-state index contributed by atoms with van der Waals surface area (Å²) in [5.41, 5.74) is 0.141. The van der Waals surface area contributed by atoms with E-state index in [9.17, 15) is 14.0 Å². The molecule has 0 aromatic heterocycles. The van der Waals surface area contributed by atoms with E-state index in [1.165, 1.54) is 12.1 Å². The summed E-state index contributed by atoms with van der Waals surface area (Å²) in [6, 6.07) is 13.8. The molecule has 1 aliphatic heterocycles. The Kier molecular flexibility index (Phi) is 5.13. The Balaban J connectivity index is 1.37. The first-order valence-electron chi connectivity index (χ1n) is 9.78. The van der Waals surface area contributed by atoms with Crippen molar-refractivity contribution in [3.8, 4) is 5.75 Å². The Morgan fingerprint density at radius 2 is 1.66 bits per heavy atom. The first-order valence-corrected chi connectivity index (χ1v) is 9.78. The molecule has 2 aromatic carbocycles.